The fourth-order valence-corrected chi connectivity index (χ4v) is 2.63. The number of rotatable bonds is 3. The van der Waals surface area contributed by atoms with Crippen LogP contribution in [-0.2, 0) is 0 Å². The van der Waals surface area contributed by atoms with Crippen LogP contribution in [0.15, 0.2) is 18.2 Å². The molecule has 1 N–H and O–H groups in total. The molecule has 18 heavy (non-hydrogen) atoms. The van der Waals surface area contributed by atoms with Crippen LogP contribution in [0.5, 0.6) is 0 Å². The van der Waals surface area contributed by atoms with Gasteiger partial charge in [-0.1, -0.05) is 0 Å². The number of hydrogen-bond acceptors (Lipinski definition) is 2. The van der Waals surface area contributed by atoms with E-state index in [1.54, 1.807) is 0 Å². The molecule has 0 radical (unpaired) electrons. The molecule has 1 fully saturated rings. The highest BCUT2D eigenvalue weighted by Crippen LogP contribution is 2.26. The van der Waals surface area contributed by atoms with Crippen molar-refractivity contribution in [2.75, 3.05) is 20.1 Å². The molecular formula is C14H20F2N2. The molecule has 0 aromatic heterocycles. The monoisotopic (exact) mass is 254 g/mol. The molecule has 2 atom stereocenters. The second-order valence-electron chi connectivity index (χ2n) is 4.96. The average Bonchev–Trinajstić information content (AvgIpc) is 2.41. The maximum absolute atomic E-state index is 13.7. The fourth-order valence-electron chi connectivity index (χ4n) is 2.63. The van der Waals surface area contributed by atoms with Crippen LogP contribution in [0.25, 0.3) is 0 Å². The summed E-state index contributed by atoms with van der Waals surface area (Å²) >= 11 is 0. The Kier molecular flexibility index (Phi) is 4.30. The Morgan fingerprint density at radius 2 is 2.17 bits per heavy atom. The lowest BCUT2D eigenvalue weighted by Crippen LogP contribution is -2.45. The van der Waals surface area contributed by atoms with Crippen LogP contribution in [0, 0.1) is 11.6 Å². The van der Waals surface area contributed by atoms with E-state index >= 15 is 0 Å². The average molecular weight is 254 g/mol. The molecule has 1 aromatic carbocycles. The molecule has 100 valence electrons. The highest BCUT2D eigenvalue weighted by Gasteiger charge is 2.25. The van der Waals surface area contributed by atoms with Crippen molar-refractivity contribution in [3.63, 3.8) is 0 Å². The highest BCUT2D eigenvalue weighted by atomic mass is 19.1. The van der Waals surface area contributed by atoms with Gasteiger partial charge in [-0.15, -0.1) is 0 Å². The molecule has 1 saturated heterocycles. The first-order valence-electron chi connectivity index (χ1n) is 6.48. The number of nitrogens with one attached hydrogen (secondary N) is 1. The van der Waals surface area contributed by atoms with Crippen molar-refractivity contribution < 1.29 is 8.78 Å². The first kappa shape index (κ1) is 13.4. The Balaban J connectivity index is 2.14. The molecule has 0 aliphatic carbocycles. The van der Waals surface area contributed by atoms with Crippen molar-refractivity contribution in [2.24, 2.45) is 0 Å². The van der Waals surface area contributed by atoms with E-state index in [1.807, 2.05) is 14.0 Å². The van der Waals surface area contributed by atoms with Crippen LogP contribution < -0.4 is 5.32 Å². The van der Waals surface area contributed by atoms with Crippen LogP contribution in [0.2, 0.25) is 0 Å². The van der Waals surface area contributed by atoms with Crippen LogP contribution in [0.4, 0.5) is 8.78 Å². The minimum Gasteiger partial charge on any atom is -0.316 e. The van der Waals surface area contributed by atoms with Gasteiger partial charge in [0.2, 0.25) is 0 Å². The van der Waals surface area contributed by atoms with E-state index in [0.717, 1.165) is 32.0 Å². The molecular weight excluding hydrogens is 234 g/mol. The van der Waals surface area contributed by atoms with E-state index in [9.17, 15) is 8.78 Å². The van der Waals surface area contributed by atoms with Gasteiger partial charge in [-0.2, -0.15) is 0 Å². The molecule has 2 rings (SSSR count). The standard InChI is InChI=1S/C14H20F2N2/c1-10(13-8-11(15)5-6-14(13)16)18-7-3-4-12(9-18)17-2/h5-6,8,10,12,17H,3-4,7,9H2,1-2H3. The van der Waals surface area contributed by atoms with Gasteiger partial charge < -0.3 is 5.32 Å². The molecule has 0 amide bonds. The van der Waals surface area contributed by atoms with Gasteiger partial charge >= 0.3 is 0 Å². The number of nitrogens with zero attached hydrogens (tertiary/aromatic N) is 1. The number of likely N-dealkylation sites (tertiary alicyclic amines) is 1. The highest BCUT2D eigenvalue weighted by molar-refractivity contribution is 5.22. The van der Waals surface area contributed by atoms with E-state index in [1.165, 1.54) is 12.1 Å². The lowest BCUT2D eigenvalue weighted by Gasteiger charge is -2.37. The number of halogens is 2. The van der Waals surface area contributed by atoms with Crippen molar-refractivity contribution in [1.82, 2.24) is 10.2 Å². The molecule has 2 nitrogen and oxygen atoms in total. The van der Waals surface area contributed by atoms with Gasteiger partial charge in [0.1, 0.15) is 11.6 Å². The molecule has 0 spiro atoms. The number of hydrogen-bond donors (Lipinski definition) is 1. The van der Waals surface area contributed by atoms with Gasteiger partial charge in [0.25, 0.3) is 0 Å². The predicted octanol–water partition coefficient (Wildman–Crippen LogP) is 2.71. The summed E-state index contributed by atoms with van der Waals surface area (Å²) in [5.41, 5.74) is 0.451. The Hall–Kier alpha value is -1.00. The Morgan fingerprint density at radius 3 is 2.89 bits per heavy atom. The van der Waals surface area contributed by atoms with Crippen molar-refractivity contribution in [1.29, 1.82) is 0 Å². The number of likely N-dealkylation sites (N-methyl/N-ethyl adjacent to an activating group) is 1. The van der Waals surface area contributed by atoms with Crippen molar-refractivity contribution >= 4 is 0 Å². The van der Waals surface area contributed by atoms with Crippen molar-refractivity contribution in [3.05, 3.63) is 35.4 Å². The van der Waals surface area contributed by atoms with Gasteiger partial charge in [0.15, 0.2) is 0 Å². The summed E-state index contributed by atoms with van der Waals surface area (Å²) in [5.74, 6) is -0.698. The quantitative estimate of drug-likeness (QED) is 0.892. The summed E-state index contributed by atoms with van der Waals surface area (Å²) < 4.78 is 27.0. The van der Waals surface area contributed by atoms with E-state index < -0.39 is 0 Å². The molecule has 1 aliphatic heterocycles. The molecule has 2 unspecified atom stereocenters. The van der Waals surface area contributed by atoms with E-state index in [4.69, 9.17) is 0 Å². The summed E-state index contributed by atoms with van der Waals surface area (Å²) in [4.78, 5) is 2.21. The first-order chi connectivity index (χ1) is 8.61. The fraction of sp³-hybridized carbons (Fsp3) is 0.571. The maximum Gasteiger partial charge on any atom is 0.128 e. The lowest BCUT2D eigenvalue weighted by molar-refractivity contribution is 0.146. The number of piperidine rings is 1. The molecule has 4 heteroatoms. The Bertz CT molecular complexity index is 409. The van der Waals surface area contributed by atoms with Gasteiger partial charge in [-0.25, -0.2) is 8.78 Å². The first-order valence-corrected chi connectivity index (χ1v) is 6.48. The van der Waals surface area contributed by atoms with E-state index in [0.29, 0.717) is 11.6 Å². The number of benzene rings is 1. The van der Waals surface area contributed by atoms with Gasteiger partial charge in [-0.3, -0.25) is 4.90 Å². The topological polar surface area (TPSA) is 15.3 Å². The Labute approximate surface area is 107 Å². The smallest absolute Gasteiger partial charge is 0.128 e. The zero-order chi connectivity index (χ0) is 13.1. The summed E-state index contributed by atoms with van der Waals surface area (Å²) in [6.45, 7) is 3.76. The Morgan fingerprint density at radius 1 is 1.39 bits per heavy atom. The van der Waals surface area contributed by atoms with Crippen molar-refractivity contribution in [2.45, 2.75) is 31.8 Å². The molecule has 0 saturated carbocycles. The summed E-state index contributed by atoms with van der Waals surface area (Å²) in [7, 11) is 1.95. The zero-order valence-electron chi connectivity index (χ0n) is 10.9. The molecule has 0 bridgehead atoms. The van der Waals surface area contributed by atoms with Crippen molar-refractivity contribution in [3.8, 4) is 0 Å². The summed E-state index contributed by atoms with van der Waals surface area (Å²) in [6.07, 6.45) is 2.23. The van der Waals surface area contributed by atoms with Gasteiger partial charge in [0.05, 0.1) is 0 Å². The van der Waals surface area contributed by atoms with Crippen LogP contribution in [-0.4, -0.2) is 31.1 Å². The van der Waals surface area contributed by atoms with E-state index in [-0.39, 0.29) is 17.7 Å². The minimum absolute atomic E-state index is 0.0863. The second kappa shape index (κ2) is 5.76. The SMILES string of the molecule is CNC1CCCN(C(C)c2cc(F)ccc2F)C1. The second-order valence-corrected chi connectivity index (χ2v) is 4.96. The molecule has 1 aromatic rings. The minimum atomic E-state index is -0.375. The maximum atomic E-state index is 13.7. The molecule has 1 aliphatic rings. The largest absolute Gasteiger partial charge is 0.316 e. The third kappa shape index (κ3) is 2.87. The summed E-state index contributed by atoms with van der Waals surface area (Å²) in [5, 5.41) is 3.26. The summed E-state index contributed by atoms with van der Waals surface area (Å²) in [6, 6.07) is 4.04. The predicted molar refractivity (Wildman–Crippen MR) is 68.4 cm³/mol. The van der Waals surface area contributed by atoms with Gasteiger partial charge in [0, 0.05) is 24.2 Å². The van der Waals surface area contributed by atoms with Crippen LogP contribution in [0.1, 0.15) is 31.4 Å². The van der Waals surface area contributed by atoms with Crippen LogP contribution in [0.3, 0.4) is 0 Å². The van der Waals surface area contributed by atoms with E-state index in [2.05, 4.69) is 10.2 Å². The normalized spacial score (nSPS) is 23.0. The lowest BCUT2D eigenvalue weighted by atomic mass is 10.00. The third-order valence-electron chi connectivity index (χ3n) is 3.82. The molecule has 1 heterocycles. The zero-order valence-corrected chi connectivity index (χ0v) is 10.9. The third-order valence-corrected chi connectivity index (χ3v) is 3.82. The van der Waals surface area contributed by atoms with Gasteiger partial charge in [-0.05, 0) is 51.6 Å². The van der Waals surface area contributed by atoms with Crippen LogP contribution >= 0.6 is 0 Å².